The fraction of sp³-hybridized carbons (Fsp3) is 0.500. The summed E-state index contributed by atoms with van der Waals surface area (Å²) in [6.07, 6.45) is -0.0500. The predicted molar refractivity (Wildman–Crippen MR) is 85.2 cm³/mol. The molecule has 0 bridgehead atoms. The normalized spacial score (nSPS) is 16.8. The monoisotopic (exact) mass is 394 g/mol. The number of carbonyl (C=O) groups is 2. The average Bonchev–Trinajstić information content (AvgIpc) is 2.43. The standard InChI is InChI=1S/C16H17F3O6S/c1-8(2)9-5-12-13(11(21)6-15(3,4)24-12)14(10(9)7-20)25-26(22,23)16(17,18)19/h5,7-8H,6H2,1-4H3. The van der Waals surface area contributed by atoms with Crippen molar-refractivity contribution in [2.45, 2.75) is 51.1 Å². The summed E-state index contributed by atoms with van der Waals surface area (Å²) in [7, 11) is -6.08. The number of rotatable bonds is 4. The summed E-state index contributed by atoms with van der Waals surface area (Å²) in [6.45, 7) is 6.49. The first-order valence-electron chi connectivity index (χ1n) is 7.59. The molecule has 0 fully saturated rings. The van der Waals surface area contributed by atoms with E-state index in [9.17, 15) is 31.2 Å². The highest BCUT2D eigenvalue weighted by Crippen LogP contribution is 2.44. The van der Waals surface area contributed by atoms with Gasteiger partial charge in [0.25, 0.3) is 0 Å². The Balaban J connectivity index is 2.83. The second-order valence-corrected chi connectivity index (χ2v) is 8.34. The molecule has 1 heterocycles. The minimum Gasteiger partial charge on any atom is -0.486 e. The molecule has 0 radical (unpaired) electrons. The highest BCUT2D eigenvalue weighted by atomic mass is 32.2. The highest BCUT2D eigenvalue weighted by molar-refractivity contribution is 7.88. The lowest BCUT2D eigenvalue weighted by atomic mass is 9.87. The molecule has 0 unspecified atom stereocenters. The lowest BCUT2D eigenvalue weighted by molar-refractivity contribution is -0.0501. The third kappa shape index (κ3) is 3.55. The molecule has 0 atom stereocenters. The van der Waals surface area contributed by atoms with Crippen LogP contribution in [0.15, 0.2) is 6.07 Å². The van der Waals surface area contributed by atoms with E-state index in [4.69, 9.17) is 4.74 Å². The largest absolute Gasteiger partial charge is 0.534 e. The second kappa shape index (κ2) is 6.26. The van der Waals surface area contributed by atoms with Gasteiger partial charge < -0.3 is 8.92 Å². The van der Waals surface area contributed by atoms with Gasteiger partial charge in [0, 0.05) is 0 Å². The smallest absolute Gasteiger partial charge is 0.486 e. The molecule has 2 rings (SSSR count). The molecule has 1 aromatic carbocycles. The summed E-state index contributed by atoms with van der Waals surface area (Å²) >= 11 is 0. The van der Waals surface area contributed by atoms with E-state index >= 15 is 0 Å². The molecule has 1 aromatic rings. The van der Waals surface area contributed by atoms with Crippen LogP contribution in [-0.4, -0.2) is 31.6 Å². The minimum absolute atomic E-state index is 0.118. The Hall–Kier alpha value is -2.10. The lowest BCUT2D eigenvalue weighted by Gasteiger charge is -2.33. The zero-order chi connectivity index (χ0) is 20.1. The van der Waals surface area contributed by atoms with Gasteiger partial charge in [-0.1, -0.05) is 13.8 Å². The van der Waals surface area contributed by atoms with Crippen LogP contribution in [0.2, 0.25) is 0 Å². The van der Waals surface area contributed by atoms with Crippen molar-refractivity contribution in [3.63, 3.8) is 0 Å². The lowest BCUT2D eigenvalue weighted by Crippen LogP contribution is -2.37. The molecule has 0 aliphatic carbocycles. The summed E-state index contributed by atoms with van der Waals surface area (Å²) in [5.74, 6) is -2.12. The molecule has 10 heteroatoms. The fourth-order valence-corrected chi connectivity index (χ4v) is 3.15. The second-order valence-electron chi connectivity index (χ2n) is 6.80. The van der Waals surface area contributed by atoms with Crippen molar-refractivity contribution in [3.05, 3.63) is 22.8 Å². The molecule has 0 aromatic heterocycles. The molecule has 0 saturated carbocycles. The van der Waals surface area contributed by atoms with Crippen molar-refractivity contribution < 1.29 is 40.1 Å². The summed E-state index contributed by atoms with van der Waals surface area (Å²) in [5.41, 5.74) is -7.36. The number of hydrogen-bond donors (Lipinski definition) is 0. The molecule has 26 heavy (non-hydrogen) atoms. The van der Waals surface area contributed by atoms with Crippen LogP contribution in [0.25, 0.3) is 0 Å². The molecular formula is C16H17F3O6S. The topological polar surface area (TPSA) is 86.7 Å². The minimum atomic E-state index is -6.08. The number of ketones is 1. The van der Waals surface area contributed by atoms with Crippen LogP contribution in [0.4, 0.5) is 13.2 Å². The number of halogens is 3. The Morgan fingerprint density at radius 3 is 2.35 bits per heavy atom. The van der Waals surface area contributed by atoms with Crippen molar-refractivity contribution in [2.75, 3.05) is 0 Å². The van der Waals surface area contributed by atoms with Crippen LogP contribution in [0.5, 0.6) is 11.5 Å². The van der Waals surface area contributed by atoms with Gasteiger partial charge in [0.05, 0.1) is 12.0 Å². The Kier molecular flexibility index (Phi) is 4.86. The Labute approximate surface area is 148 Å². The van der Waals surface area contributed by atoms with E-state index in [0.717, 1.165) is 0 Å². The van der Waals surface area contributed by atoms with Gasteiger partial charge in [-0.05, 0) is 31.4 Å². The number of benzene rings is 1. The molecule has 0 saturated heterocycles. The van der Waals surface area contributed by atoms with Crippen molar-refractivity contribution >= 4 is 22.2 Å². The Morgan fingerprint density at radius 1 is 1.31 bits per heavy atom. The number of aldehydes is 1. The molecule has 1 aliphatic heterocycles. The molecule has 0 amide bonds. The maximum atomic E-state index is 12.7. The van der Waals surface area contributed by atoms with E-state index in [2.05, 4.69) is 4.18 Å². The zero-order valence-electron chi connectivity index (χ0n) is 14.4. The Bertz CT molecular complexity index is 869. The van der Waals surface area contributed by atoms with E-state index in [1.54, 1.807) is 27.7 Å². The molecule has 144 valence electrons. The van der Waals surface area contributed by atoms with Crippen LogP contribution in [0.1, 0.15) is 66.3 Å². The van der Waals surface area contributed by atoms with Gasteiger partial charge in [-0.2, -0.15) is 21.6 Å². The van der Waals surface area contributed by atoms with E-state index in [1.165, 1.54) is 6.07 Å². The van der Waals surface area contributed by atoms with Gasteiger partial charge in [-0.25, -0.2) is 0 Å². The third-order valence-electron chi connectivity index (χ3n) is 3.78. The van der Waals surface area contributed by atoms with E-state index in [0.29, 0.717) is 0 Å². The van der Waals surface area contributed by atoms with Crippen molar-refractivity contribution in [1.82, 2.24) is 0 Å². The SMILES string of the molecule is CC(C)c1cc2c(c(OS(=O)(=O)C(F)(F)F)c1C=O)C(=O)CC(C)(C)O2. The van der Waals surface area contributed by atoms with Crippen molar-refractivity contribution in [1.29, 1.82) is 0 Å². The van der Waals surface area contributed by atoms with Crippen molar-refractivity contribution in [2.24, 2.45) is 0 Å². The number of Topliss-reactive ketones (excluding diaryl/α,β-unsaturated/α-hetero) is 1. The van der Waals surface area contributed by atoms with E-state index < -0.39 is 43.9 Å². The molecule has 1 aliphatic rings. The molecule has 6 nitrogen and oxygen atoms in total. The van der Waals surface area contributed by atoms with Gasteiger partial charge in [-0.3, -0.25) is 9.59 Å². The number of ether oxygens (including phenoxy) is 1. The first-order chi connectivity index (χ1) is 11.7. The summed E-state index contributed by atoms with van der Waals surface area (Å²) < 4.78 is 71.1. The maximum Gasteiger partial charge on any atom is 0.534 e. The fourth-order valence-electron chi connectivity index (χ4n) is 2.66. The predicted octanol–water partition coefficient (Wildman–Crippen LogP) is 3.59. The van der Waals surface area contributed by atoms with Crippen LogP contribution in [-0.2, 0) is 10.1 Å². The number of carbonyl (C=O) groups excluding carboxylic acids is 2. The third-order valence-corrected chi connectivity index (χ3v) is 4.74. The first-order valence-corrected chi connectivity index (χ1v) is 9.00. The van der Waals surface area contributed by atoms with Crippen LogP contribution >= 0.6 is 0 Å². The van der Waals surface area contributed by atoms with E-state index in [1.807, 2.05) is 0 Å². The molecule has 0 spiro atoms. The van der Waals surface area contributed by atoms with Gasteiger partial charge >= 0.3 is 15.6 Å². The Morgan fingerprint density at radius 2 is 1.88 bits per heavy atom. The summed E-state index contributed by atoms with van der Waals surface area (Å²) in [4.78, 5) is 24.0. The van der Waals surface area contributed by atoms with Gasteiger partial charge in [-0.15, -0.1) is 0 Å². The van der Waals surface area contributed by atoms with E-state index in [-0.39, 0.29) is 29.9 Å². The van der Waals surface area contributed by atoms with Crippen LogP contribution in [0, 0.1) is 0 Å². The average molecular weight is 394 g/mol. The first kappa shape index (κ1) is 20.2. The molecule has 0 N–H and O–H groups in total. The molecular weight excluding hydrogens is 377 g/mol. The van der Waals surface area contributed by atoms with Crippen molar-refractivity contribution in [3.8, 4) is 11.5 Å². The number of alkyl halides is 3. The summed E-state index contributed by atoms with van der Waals surface area (Å²) in [6, 6.07) is 1.36. The number of hydrogen-bond acceptors (Lipinski definition) is 6. The van der Waals surface area contributed by atoms with Crippen LogP contribution < -0.4 is 8.92 Å². The zero-order valence-corrected chi connectivity index (χ0v) is 15.2. The highest BCUT2D eigenvalue weighted by Gasteiger charge is 2.50. The van der Waals surface area contributed by atoms with Crippen LogP contribution in [0.3, 0.4) is 0 Å². The van der Waals surface area contributed by atoms with Gasteiger partial charge in [0.1, 0.15) is 16.9 Å². The number of fused-ring (bicyclic) bond motifs is 1. The quantitative estimate of drug-likeness (QED) is 0.441. The summed E-state index contributed by atoms with van der Waals surface area (Å²) in [5, 5.41) is 0. The van der Waals surface area contributed by atoms with Gasteiger partial charge in [0.2, 0.25) is 0 Å². The van der Waals surface area contributed by atoms with Gasteiger partial charge in [0.15, 0.2) is 17.8 Å². The maximum absolute atomic E-state index is 12.7.